The van der Waals surface area contributed by atoms with Crippen molar-refractivity contribution in [2.24, 2.45) is 5.14 Å². The van der Waals surface area contributed by atoms with Crippen LogP contribution in [0.4, 0.5) is 0 Å². The van der Waals surface area contributed by atoms with Gasteiger partial charge >= 0.3 is 10.4 Å². The smallest absolute Gasteiger partial charge is 0.320 e. The van der Waals surface area contributed by atoms with Crippen molar-refractivity contribution in [3.05, 3.63) is 41.2 Å². The van der Waals surface area contributed by atoms with Crippen LogP contribution >= 0.6 is 0 Å². The fourth-order valence-electron chi connectivity index (χ4n) is 3.75. The monoisotopic (exact) mass is 377 g/mol. The number of aromatic nitrogens is 2. The van der Waals surface area contributed by atoms with E-state index in [1.165, 1.54) is 29.8 Å². The van der Waals surface area contributed by atoms with Crippen molar-refractivity contribution < 1.29 is 13.5 Å². The largest absolute Gasteiger partial charge is 0.379 e. The molecule has 1 aliphatic heterocycles. The van der Waals surface area contributed by atoms with Gasteiger partial charge in [0.1, 0.15) is 0 Å². The normalized spacial score (nSPS) is 20.5. The van der Waals surface area contributed by atoms with Crippen LogP contribution in [-0.4, -0.2) is 45.5 Å². The predicted molar refractivity (Wildman–Crippen MR) is 99.4 cm³/mol. The van der Waals surface area contributed by atoms with E-state index in [2.05, 4.69) is 4.90 Å². The predicted octanol–water partition coefficient (Wildman–Crippen LogP) is 1.79. The fourth-order valence-corrected chi connectivity index (χ4v) is 4.27. The summed E-state index contributed by atoms with van der Waals surface area (Å²) in [4.78, 5) is 2.63. The van der Waals surface area contributed by atoms with Gasteiger partial charge in [-0.25, -0.2) is 4.68 Å². The third-order valence-electron chi connectivity index (χ3n) is 5.16. The van der Waals surface area contributed by atoms with Gasteiger partial charge in [0.05, 0.1) is 30.3 Å². The standard InChI is InChI=1S/C18H24N4O3S/c19-26(23,24)15-7-5-14(6-8-15)22-18(13-21-9-11-25-12-10-21)16-3-1-2-4-17(16)20-22/h5-8H,1-4,9-13H2,(H2-,19,23,24)/p+1. The average molecular weight is 377 g/mol. The number of rotatable bonds is 4. The van der Waals surface area contributed by atoms with Gasteiger partial charge < -0.3 is 4.74 Å². The molecule has 7 nitrogen and oxygen atoms in total. The molecule has 0 amide bonds. The second-order valence-electron chi connectivity index (χ2n) is 6.94. The number of morpholine rings is 1. The molecule has 0 saturated carbocycles. The van der Waals surface area contributed by atoms with Crippen LogP contribution in [0.5, 0.6) is 0 Å². The van der Waals surface area contributed by atoms with E-state index in [0.29, 0.717) is 0 Å². The molecule has 140 valence electrons. The second-order valence-corrected chi connectivity index (χ2v) is 8.55. The molecule has 1 aliphatic carbocycles. The molecular weight excluding hydrogens is 352 g/mol. The Hall–Kier alpha value is -1.58. The highest BCUT2D eigenvalue weighted by Gasteiger charge is 2.25. The molecule has 8 heteroatoms. The Balaban J connectivity index is 1.70. The van der Waals surface area contributed by atoms with E-state index in [9.17, 15) is 8.76 Å². The van der Waals surface area contributed by atoms with E-state index in [0.717, 1.165) is 51.4 Å². The Morgan fingerprint density at radius 1 is 1.15 bits per heavy atom. The topological polar surface area (TPSA) is 93.6 Å². The quantitative estimate of drug-likeness (QED) is 0.793. The van der Waals surface area contributed by atoms with Crippen LogP contribution in [-0.2, 0) is 38.7 Å². The van der Waals surface area contributed by atoms with Gasteiger partial charge in [-0.15, -0.1) is 5.14 Å². The molecular formula is C18H25N4O3S+. The number of hydrogen-bond donors (Lipinski definition) is 2. The molecule has 0 radical (unpaired) electrons. The molecule has 3 N–H and O–H groups in total. The summed E-state index contributed by atoms with van der Waals surface area (Å²) in [5.74, 6) is 0. The molecule has 0 bridgehead atoms. The fraction of sp³-hybridized carbons (Fsp3) is 0.500. The number of nitrogens with zero attached hydrogens (tertiary/aromatic N) is 3. The van der Waals surface area contributed by atoms with E-state index in [-0.39, 0.29) is 4.90 Å². The lowest BCUT2D eigenvalue weighted by atomic mass is 9.95. The first-order valence-corrected chi connectivity index (χ1v) is 10.6. The van der Waals surface area contributed by atoms with E-state index < -0.39 is 10.4 Å². The van der Waals surface area contributed by atoms with E-state index in [1.807, 2.05) is 16.8 Å². The molecule has 1 saturated heterocycles. The molecule has 1 unspecified atom stereocenters. The lowest BCUT2D eigenvalue weighted by molar-refractivity contribution is 0.0332. The van der Waals surface area contributed by atoms with Gasteiger partial charge in [0.15, 0.2) is 0 Å². The summed E-state index contributed by atoms with van der Waals surface area (Å²) in [7, 11) is -3.44. The highest BCUT2D eigenvalue weighted by molar-refractivity contribution is 7.95. The maximum atomic E-state index is 11.6. The van der Waals surface area contributed by atoms with Crippen LogP contribution < -0.4 is 5.14 Å². The zero-order chi connectivity index (χ0) is 18.1. The molecule has 0 spiro atoms. The minimum absolute atomic E-state index is 0.230. The maximum absolute atomic E-state index is 11.6. The van der Waals surface area contributed by atoms with Gasteiger partial charge in [-0.2, -0.15) is 9.65 Å². The summed E-state index contributed by atoms with van der Waals surface area (Å²) in [6.45, 7) is 4.25. The van der Waals surface area contributed by atoms with Gasteiger partial charge in [-0.1, -0.05) is 0 Å². The van der Waals surface area contributed by atoms with Crippen molar-refractivity contribution in [2.75, 3.05) is 26.3 Å². The third kappa shape index (κ3) is 3.60. The van der Waals surface area contributed by atoms with Crippen molar-refractivity contribution in [1.29, 1.82) is 0 Å². The van der Waals surface area contributed by atoms with E-state index in [4.69, 9.17) is 15.0 Å². The van der Waals surface area contributed by atoms with Crippen molar-refractivity contribution in [3.8, 4) is 5.69 Å². The molecule has 1 fully saturated rings. The Labute approximate surface area is 154 Å². The molecule has 2 aromatic rings. The summed E-state index contributed by atoms with van der Waals surface area (Å²) >= 11 is 0. The molecule has 1 atom stereocenters. The summed E-state index contributed by atoms with van der Waals surface area (Å²) in [6, 6.07) is 6.85. The number of aryl methyl sites for hydroxylation is 1. The van der Waals surface area contributed by atoms with Gasteiger partial charge in [0.2, 0.25) is 4.90 Å². The van der Waals surface area contributed by atoms with Crippen molar-refractivity contribution >= 4 is 10.4 Å². The molecule has 26 heavy (non-hydrogen) atoms. The summed E-state index contributed by atoms with van der Waals surface area (Å²) < 4.78 is 28.6. The SMILES string of the molecule is N[S+](=O)(O)c1ccc(-n2nc3c(c2CN2CCOCC2)CCCC3)cc1. The zero-order valence-corrected chi connectivity index (χ0v) is 15.6. The van der Waals surface area contributed by atoms with Crippen LogP contribution in [0.15, 0.2) is 29.2 Å². The Bertz CT molecular complexity index is 822. The molecule has 1 aromatic carbocycles. The Kier molecular flexibility index (Phi) is 4.94. The molecule has 2 aliphatic rings. The highest BCUT2D eigenvalue weighted by Crippen LogP contribution is 2.28. The first kappa shape index (κ1) is 17.8. The van der Waals surface area contributed by atoms with Crippen molar-refractivity contribution in [2.45, 2.75) is 37.1 Å². The van der Waals surface area contributed by atoms with E-state index in [1.54, 1.807) is 12.1 Å². The third-order valence-corrected chi connectivity index (χ3v) is 6.11. The van der Waals surface area contributed by atoms with Gasteiger partial charge in [0.25, 0.3) is 0 Å². The van der Waals surface area contributed by atoms with Crippen LogP contribution in [0.2, 0.25) is 0 Å². The van der Waals surface area contributed by atoms with Gasteiger partial charge in [-0.3, -0.25) is 4.90 Å². The first-order chi connectivity index (χ1) is 12.5. The lowest BCUT2D eigenvalue weighted by Gasteiger charge is -2.27. The summed E-state index contributed by atoms with van der Waals surface area (Å²) in [5, 5.41) is 10.2. The summed E-state index contributed by atoms with van der Waals surface area (Å²) in [5.41, 5.74) is 4.69. The Morgan fingerprint density at radius 2 is 1.85 bits per heavy atom. The first-order valence-electron chi connectivity index (χ1n) is 9.07. The number of fused-ring (bicyclic) bond motifs is 1. The highest BCUT2D eigenvalue weighted by atomic mass is 32.3. The number of benzene rings is 1. The molecule has 4 rings (SSSR count). The van der Waals surface area contributed by atoms with Crippen LogP contribution in [0.3, 0.4) is 0 Å². The average Bonchev–Trinajstić information content (AvgIpc) is 3.01. The number of ether oxygens (including phenoxy) is 1. The van der Waals surface area contributed by atoms with E-state index >= 15 is 0 Å². The number of hydrogen-bond acceptors (Lipinski definition) is 4. The van der Waals surface area contributed by atoms with Crippen molar-refractivity contribution in [1.82, 2.24) is 14.7 Å². The molecule has 2 heterocycles. The van der Waals surface area contributed by atoms with Crippen LogP contribution in [0.25, 0.3) is 5.69 Å². The summed E-state index contributed by atoms with van der Waals surface area (Å²) in [6.07, 6.45) is 4.47. The van der Waals surface area contributed by atoms with Crippen LogP contribution in [0.1, 0.15) is 29.8 Å². The van der Waals surface area contributed by atoms with Crippen LogP contribution in [0, 0.1) is 0 Å². The zero-order valence-electron chi connectivity index (χ0n) is 14.8. The van der Waals surface area contributed by atoms with Gasteiger partial charge in [0, 0.05) is 31.8 Å². The molecule has 1 aromatic heterocycles. The van der Waals surface area contributed by atoms with Crippen molar-refractivity contribution in [3.63, 3.8) is 0 Å². The maximum Gasteiger partial charge on any atom is 0.320 e. The number of nitrogens with two attached hydrogens (primary N) is 1. The lowest BCUT2D eigenvalue weighted by Crippen LogP contribution is -2.36. The second kappa shape index (κ2) is 7.21. The Morgan fingerprint density at radius 3 is 2.54 bits per heavy atom. The van der Waals surface area contributed by atoms with Gasteiger partial charge in [-0.05, 0) is 47.6 Å². The minimum atomic E-state index is -3.44. The minimum Gasteiger partial charge on any atom is -0.379 e.